The Balaban J connectivity index is 2.15. The Bertz CT molecular complexity index is 383. The lowest BCUT2D eigenvalue weighted by Crippen LogP contribution is -2.35. The van der Waals surface area contributed by atoms with E-state index in [9.17, 15) is 9.59 Å². The number of hydrogen-bond donors (Lipinski definition) is 2. The van der Waals surface area contributed by atoms with E-state index in [4.69, 9.17) is 4.74 Å². The average molecular weight is 252 g/mol. The summed E-state index contributed by atoms with van der Waals surface area (Å²) < 4.78 is 4.77. The summed E-state index contributed by atoms with van der Waals surface area (Å²) in [6.07, 6.45) is 4.63. The third-order valence-corrected chi connectivity index (χ3v) is 2.06. The van der Waals surface area contributed by atoms with Crippen molar-refractivity contribution in [2.24, 2.45) is 0 Å². The second kappa shape index (κ2) is 8.13. The molecule has 98 valence electrons. The van der Waals surface area contributed by atoms with Gasteiger partial charge in [0, 0.05) is 39.0 Å². The second-order valence-corrected chi connectivity index (χ2v) is 3.44. The maximum atomic E-state index is 11.5. The lowest BCUT2D eigenvalue weighted by atomic mass is 10.4. The lowest BCUT2D eigenvalue weighted by molar-refractivity contribution is -0.121. The van der Waals surface area contributed by atoms with E-state index in [0.29, 0.717) is 26.1 Å². The van der Waals surface area contributed by atoms with Crippen LogP contribution in [0.5, 0.6) is 0 Å². The van der Waals surface area contributed by atoms with Crippen molar-refractivity contribution in [1.29, 1.82) is 0 Å². The van der Waals surface area contributed by atoms with Crippen LogP contribution in [0, 0.1) is 0 Å². The number of hydrogen-bond acceptors (Lipinski definition) is 5. The van der Waals surface area contributed by atoms with Gasteiger partial charge in [0.2, 0.25) is 5.91 Å². The standard InChI is InChI=1S/C11H16N4O3/c1-18-7-2-10(16)14-5-6-15-11(17)9-8-12-3-4-13-9/h3-4,8H,2,5-7H2,1H3,(H,14,16)(H,15,17). The van der Waals surface area contributed by atoms with Crippen LogP contribution < -0.4 is 10.6 Å². The van der Waals surface area contributed by atoms with Gasteiger partial charge in [-0.3, -0.25) is 14.6 Å². The summed E-state index contributed by atoms with van der Waals surface area (Å²) in [5.41, 5.74) is 0.253. The molecule has 0 aliphatic rings. The fourth-order valence-electron chi connectivity index (χ4n) is 1.17. The van der Waals surface area contributed by atoms with Gasteiger partial charge >= 0.3 is 0 Å². The molecule has 0 unspecified atom stereocenters. The molecule has 0 fully saturated rings. The molecule has 0 saturated carbocycles. The van der Waals surface area contributed by atoms with E-state index in [0.717, 1.165) is 0 Å². The first-order valence-electron chi connectivity index (χ1n) is 5.54. The fraction of sp³-hybridized carbons (Fsp3) is 0.455. The van der Waals surface area contributed by atoms with Crippen molar-refractivity contribution in [1.82, 2.24) is 20.6 Å². The molecule has 2 amide bonds. The van der Waals surface area contributed by atoms with Gasteiger partial charge in [-0.25, -0.2) is 4.98 Å². The van der Waals surface area contributed by atoms with Crippen molar-refractivity contribution in [2.75, 3.05) is 26.8 Å². The normalized spacial score (nSPS) is 9.83. The van der Waals surface area contributed by atoms with Gasteiger partial charge in [-0.1, -0.05) is 0 Å². The average Bonchev–Trinajstić information content (AvgIpc) is 2.42. The Kier molecular flexibility index (Phi) is 6.34. The molecule has 7 heteroatoms. The Morgan fingerprint density at radius 3 is 2.72 bits per heavy atom. The first kappa shape index (κ1) is 14.0. The predicted octanol–water partition coefficient (Wildman–Crippen LogP) is -0.641. The van der Waals surface area contributed by atoms with Crippen LogP contribution in [0.3, 0.4) is 0 Å². The second-order valence-electron chi connectivity index (χ2n) is 3.44. The van der Waals surface area contributed by atoms with Crippen LogP contribution in [0.15, 0.2) is 18.6 Å². The summed E-state index contributed by atoms with van der Waals surface area (Å²) in [7, 11) is 1.54. The third kappa shape index (κ3) is 5.35. The SMILES string of the molecule is COCCC(=O)NCCNC(=O)c1cnccn1. The summed E-state index contributed by atoms with van der Waals surface area (Å²) >= 11 is 0. The predicted molar refractivity (Wildman–Crippen MR) is 63.9 cm³/mol. The van der Waals surface area contributed by atoms with Crippen LogP contribution >= 0.6 is 0 Å². The number of nitrogens with one attached hydrogen (secondary N) is 2. The van der Waals surface area contributed by atoms with Crippen molar-refractivity contribution in [3.05, 3.63) is 24.3 Å². The summed E-state index contributed by atoms with van der Waals surface area (Å²) in [6.45, 7) is 1.10. The molecule has 7 nitrogen and oxygen atoms in total. The van der Waals surface area contributed by atoms with E-state index in [1.807, 2.05) is 0 Å². The maximum Gasteiger partial charge on any atom is 0.271 e. The monoisotopic (exact) mass is 252 g/mol. The van der Waals surface area contributed by atoms with Crippen LogP contribution in [-0.4, -0.2) is 48.6 Å². The molecule has 0 aliphatic heterocycles. The molecule has 1 heterocycles. The van der Waals surface area contributed by atoms with Crippen molar-refractivity contribution in [2.45, 2.75) is 6.42 Å². The highest BCUT2D eigenvalue weighted by atomic mass is 16.5. The molecule has 1 aromatic rings. The number of methoxy groups -OCH3 is 1. The molecule has 0 saturated heterocycles. The molecule has 0 aliphatic carbocycles. The van der Waals surface area contributed by atoms with E-state index in [-0.39, 0.29) is 17.5 Å². The highest BCUT2D eigenvalue weighted by Gasteiger charge is 2.05. The molecule has 0 spiro atoms. The Hall–Kier alpha value is -2.02. The van der Waals surface area contributed by atoms with Crippen LogP contribution in [0.2, 0.25) is 0 Å². The van der Waals surface area contributed by atoms with Gasteiger partial charge in [0.05, 0.1) is 12.8 Å². The Labute approximate surface area is 105 Å². The minimum atomic E-state index is -0.311. The number of ether oxygens (including phenoxy) is 1. The van der Waals surface area contributed by atoms with Crippen molar-refractivity contribution in [3.8, 4) is 0 Å². The van der Waals surface area contributed by atoms with Gasteiger partial charge in [0.15, 0.2) is 0 Å². The van der Waals surface area contributed by atoms with E-state index in [2.05, 4.69) is 20.6 Å². The first-order chi connectivity index (χ1) is 8.74. The quantitative estimate of drug-likeness (QED) is 0.630. The fourth-order valence-corrected chi connectivity index (χ4v) is 1.17. The van der Waals surface area contributed by atoms with Crippen molar-refractivity contribution in [3.63, 3.8) is 0 Å². The van der Waals surface area contributed by atoms with Crippen LogP contribution in [0.4, 0.5) is 0 Å². The van der Waals surface area contributed by atoms with Gasteiger partial charge in [0.1, 0.15) is 5.69 Å². The number of aromatic nitrogens is 2. The van der Waals surface area contributed by atoms with Crippen LogP contribution in [0.25, 0.3) is 0 Å². The summed E-state index contributed by atoms with van der Waals surface area (Å²) in [6, 6.07) is 0. The molecule has 1 rings (SSSR count). The number of carbonyl (C=O) groups excluding carboxylic acids is 2. The summed E-state index contributed by atoms with van der Waals surface area (Å²) in [5, 5.41) is 5.28. The third-order valence-electron chi connectivity index (χ3n) is 2.06. The van der Waals surface area contributed by atoms with Crippen LogP contribution in [-0.2, 0) is 9.53 Å². The molecule has 18 heavy (non-hydrogen) atoms. The van der Waals surface area contributed by atoms with Gasteiger partial charge in [-0.05, 0) is 0 Å². The first-order valence-corrected chi connectivity index (χ1v) is 5.54. The van der Waals surface area contributed by atoms with Crippen molar-refractivity contribution < 1.29 is 14.3 Å². The molecule has 1 aromatic heterocycles. The molecule has 2 N–H and O–H groups in total. The lowest BCUT2D eigenvalue weighted by Gasteiger charge is -2.06. The highest BCUT2D eigenvalue weighted by molar-refractivity contribution is 5.91. The molecule has 0 aromatic carbocycles. The molecular weight excluding hydrogens is 236 g/mol. The van der Waals surface area contributed by atoms with E-state index in [1.54, 1.807) is 0 Å². The van der Waals surface area contributed by atoms with Gasteiger partial charge in [-0.15, -0.1) is 0 Å². The number of amides is 2. The Morgan fingerprint density at radius 2 is 2.06 bits per heavy atom. The van der Waals surface area contributed by atoms with E-state index in [1.165, 1.54) is 25.7 Å². The summed E-state index contributed by atoms with van der Waals surface area (Å²) in [5.74, 6) is -0.417. The Morgan fingerprint density at radius 1 is 1.28 bits per heavy atom. The molecule has 0 atom stereocenters. The van der Waals surface area contributed by atoms with Crippen molar-refractivity contribution >= 4 is 11.8 Å². The van der Waals surface area contributed by atoms with Gasteiger partial charge in [-0.2, -0.15) is 0 Å². The van der Waals surface area contributed by atoms with Gasteiger partial charge < -0.3 is 15.4 Å². The summed E-state index contributed by atoms with van der Waals surface area (Å²) in [4.78, 5) is 30.3. The number of nitrogens with zero attached hydrogens (tertiary/aromatic N) is 2. The van der Waals surface area contributed by atoms with Crippen LogP contribution in [0.1, 0.15) is 16.9 Å². The zero-order valence-corrected chi connectivity index (χ0v) is 10.2. The van der Waals surface area contributed by atoms with E-state index < -0.39 is 0 Å². The number of carbonyl (C=O) groups is 2. The topological polar surface area (TPSA) is 93.2 Å². The maximum absolute atomic E-state index is 11.5. The zero-order chi connectivity index (χ0) is 13.2. The molecular formula is C11H16N4O3. The minimum absolute atomic E-state index is 0.106. The zero-order valence-electron chi connectivity index (χ0n) is 10.2. The largest absolute Gasteiger partial charge is 0.384 e. The smallest absolute Gasteiger partial charge is 0.271 e. The molecule has 0 bridgehead atoms. The number of rotatable bonds is 7. The molecule has 0 radical (unpaired) electrons. The minimum Gasteiger partial charge on any atom is -0.384 e. The highest BCUT2D eigenvalue weighted by Crippen LogP contribution is 1.88. The van der Waals surface area contributed by atoms with Gasteiger partial charge in [0.25, 0.3) is 5.91 Å². The van der Waals surface area contributed by atoms with E-state index >= 15 is 0 Å².